The number of rotatable bonds is 4. The minimum absolute atomic E-state index is 0. The van der Waals surface area contributed by atoms with Crippen LogP contribution in [0.1, 0.15) is 24.0 Å². The summed E-state index contributed by atoms with van der Waals surface area (Å²) in [4.78, 5) is 0. The van der Waals surface area contributed by atoms with Crippen molar-refractivity contribution in [1.82, 2.24) is 0 Å². The van der Waals surface area contributed by atoms with Gasteiger partial charge in [0.15, 0.2) is 0 Å². The van der Waals surface area contributed by atoms with E-state index in [1.165, 1.54) is 34.4 Å². The van der Waals surface area contributed by atoms with E-state index in [1.54, 1.807) is 6.56 Å². The van der Waals surface area contributed by atoms with Gasteiger partial charge in [-0.1, -0.05) is 0 Å². The molecule has 4 heteroatoms. The van der Waals surface area contributed by atoms with Crippen LogP contribution >= 0.6 is 24.8 Å². The second-order valence-corrected chi connectivity index (χ2v) is 51.2. The van der Waals surface area contributed by atoms with Crippen LogP contribution in [-0.4, -0.2) is 12.1 Å². The second-order valence-electron chi connectivity index (χ2n) is 8.48. The maximum absolute atomic E-state index is 2.96. The standard InChI is InChI=1S/2C11H9.2CH3.2ClH.GeH2.Zr/c2*1-2-6-10(7-3-1)11-8-4-5-9-11;;;;;;/h2*1-3,6-9H,4H2;2*1H3;2*1H;1H2;. The molecule has 28 heavy (non-hydrogen) atoms. The van der Waals surface area contributed by atoms with Gasteiger partial charge in [-0.05, 0) is 0 Å². The second kappa shape index (κ2) is 9.05. The van der Waals surface area contributed by atoms with Crippen LogP contribution in [0.2, 0.25) is 9.26 Å². The van der Waals surface area contributed by atoms with Crippen LogP contribution in [0.5, 0.6) is 0 Å². The molecule has 146 valence electrons. The van der Waals surface area contributed by atoms with Crippen molar-refractivity contribution in [3.05, 3.63) is 103 Å². The van der Waals surface area contributed by atoms with E-state index >= 15 is 0 Å². The summed E-state index contributed by atoms with van der Waals surface area (Å²) in [6.45, 7) is 0. The first kappa shape index (κ1) is 23.7. The van der Waals surface area contributed by atoms with Gasteiger partial charge in [-0.15, -0.1) is 24.8 Å². The summed E-state index contributed by atoms with van der Waals surface area (Å²) in [7, 11) is 0. The molecule has 0 heterocycles. The van der Waals surface area contributed by atoms with Gasteiger partial charge in [-0.25, -0.2) is 0 Å². The SMILES string of the molecule is Cl.Cl.[CH3][Zr]([CH3])(=[GeH2])([C]1=CC(c2ccccc2)=CC1)[C]1=CC(c2ccccc2)=CC1. The van der Waals surface area contributed by atoms with Gasteiger partial charge in [-0.3, -0.25) is 0 Å². The molecule has 0 aliphatic heterocycles. The first-order valence-corrected chi connectivity index (χ1v) is 27.3. The van der Waals surface area contributed by atoms with E-state index in [0.29, 0.717) is 0 Å². The topological polar surface area (TPSA) is 0 Å². The molecule has 2 aromatic rings. The molecule has 0 N–H and O–H groups in total. The number of benzene rings is 2. The molecule has 0 unspecified atom stereocenters. The van der Waals surface area contributed by atoms with E-state index in [9.17, 15) is 0 Å². The monoisotopic (exact) mass is 550 g/mol. The van der Waals surface area contributed by atoms with Crippen LogP contribution in [0.3, 0.4) is 0 Å². The fraction of sp³-hybridized carbons (Fsp3) is 0.167. The predicted molar refractivity (Wildman–Crippen MR) is 129 cm³/mol. The zero-order valence-electron chi connectivity index (χ0n) is 16.5. The van der Waals surface area contributed by atoms with Crippen LogP contribution in [0.4, 0.5) is 0 Å². The molecule has 0 nitrogen and oxygen atoms in total. The van der Waals surface area contributed by atoms with Gasteiger partial charge in [0.1, 0.15) is 0 Å². The summed E-state index contributed by atoms with van der Waals surface area (Å²) in [5.41, 5.74) is 5.56. The Kier molecular flexibility index (Phi) is 7.65. The van der Waals surface area contributed by atoms with Crippen LogP contribution in [-0.2, 0) is 15.7 Å². The van der Waals surface area contributed by atoms with E-state index in [4.69, 9.17) is 0 Å². The summed E-state index contributed by atoms with van der Waals surface area (Å²) in [6, 6.07) is 21.7. The number of allylic oxidation sites excluding steroid dienone is 8. The third-order valence-electron chi connectivity index (χ3n) is 6.02. The van der Waals surface area contributed by atoms with Gasteiger partial charge in [-0.2, -0.15) is 0 Å². The predicted octanol–water partition coefficient (Wildman–Crippen LogP) is 6.91. The van der Waals surface area contributed by atoms with Gasteiger partial charge in [0, 0.05) is 0 Å². The summed E-state index contributed by atoms with van der Waals surface area (Å²) < 4.78 is 8.84. The van der Waals surface area contributed by atoms with Crippen LogP contribution in [0, 0.1) is 0 Å². The van der Waals surface area contributed by atoms with E-state index in [1.807, 2.05) is 0 Å². The zero-order valence-corrected chi connectivity index (χ0v) is 23.6. The molecule has 0 fully saturated rings. The molecule has 0 aromatic heterocycles. The van der Waals surface area contributed by atoms with Gasteiger partial charge in [0.25, 0.3) is 0 Å². The Hall–Kier alpha value is -0.594. The van der Waals surface area contributed by atoms with Crippen LogP contribution in [0.25, 0.3) is 11.1 Å². The van der Waals surface area contributed by atoms with Crippen molar-refractivity contribution in [2.75, 3.05) is 0 Å². The fourth-order valence-corrected chi connectivity index (χ4v) is 17.9. The van der Waals surface area contributed by atoms with Crippen molar-refractivity contribution < 1.29 is 15.7 Å². The number of hydrogen-bond donors (Lipinski definition) is 0. The molecule has 4 rings (SSSR count). The maximum atomic E-state index is 2.66. The molecule has 2 aliphatic rings. The Morgan fingerprint density at radius 2 is 1.00 bits per heavy atom. The average Bonchev–Trinajstić information content (AvgIpc) is 3.34. The molecule has 0 bridgehead atoms. The Morgan fingerprint density at radius 1 is 0.643 bits per heavy atom. The molecule has 0 spiro atoms. The van der Waals surface area contributed by atoms with Gasteiger partial charge >= 0.3 is 164 Å². The Bertz CT molecular complexity index is 959. The Balaban J connectivity index is 0.00000140. The average molecular weight is 551 g/mol. The quantitative estimate of drug-likeness (QED) is 0.363. The zero-order chi connectivity index (χ0) is 18.2. The van der Waals surface area contributed by atoms with Crippen molar-refractivity contribution >= 4 is 48.1 Å². The van der Waals surface area contributed by atoms with E-state index in [0.717, 1.165) is 12.8 Å². The summed E-state index contributed by atoms with van der Waals surface area (Å²) in [6.07, 6.45) is 12.3. The molecular formula is C24H28Cl2GeZr. The fourth-order valence-electron chi connectivity index (χ4n) is 4.04. The first-order valence-electron chi connectivity index (χ1n) is 9.43. The summed E-state index contributed by atoms with van der Waals surface area (Å²) in [5, 5.41) is 0. The van der Waals surface area contributed by atoms with E-state index in [-0.39, 0.29) is 24.8 Å². The Morgan fingerprint density at radius 3 is 1.36 bits per heavy atom. The molecule has 0 amide bonds. The minimum atomic E-state index is -2.96. The molecular weight excluding hydrogens is 523 g/mol. The molecule has 0 radical (unpaired) electrons. The van der Waals surface area contributed by atoms with Crippen molar-refractivity contribution in [3.63, 3.8) is 0 Å². The van der Waals surface area contributed by atoms with Gasteiger partial charge in [0.05, 0.1) is 0 Å². The summed E-state index contributed by atoms with van der Waals surface area (Å²) in [5.74, 6) is 0. The molecule has 2 aromatic carbocycles. The molecule has 2 aliphatic carbocycles. The number of halogens is 2. The third kappa shape index (κ3) is 4.59. The van der Waals surface area contributed by atoms with Gasteiger partial charge < -0.3 is 0 Å². The normalized spacial score (nSPS) is 16.2. The van der Waals surface area contributed by atoms with Crippen LogP contribution in [0.15, 0.2) is 91.5 Å². The van der Waals surface area contributed by atoms with E-state index in [2.05, 4.69) is 94.2 Å². The van der Waals surface area contributed by atoms with E-state index < -0.39 is 15.7 Å². The van der Waals surface area contributed by atoms with Crippen molar-refractivity contribution in [3.8, 4) is 0 Å². The van der Waals surface area contributed by atoms with Crippen molar-refractivity contribution in [1.29, 1.82) is 0 Å². The van der Waals surface area contributed by atoms with Crippen molar-refractivity contribution in [2.24, 2.45) is 0 Å². The van der Waals surface area contributed by atoms with Crippen molar-refractivity contribution in [2.45, 2.75) is 22.1 Å². The molecule has 0 atom stereocenters. The molecule has 0 saturated carbocycles. The first-order chi connectivity index (χ1) is 12.4. The van der Waals surface area contributed by atoms with Crippen LogP contribution < -0.4 is 0 Å². The molecule has 0 saturated heterocycles. The Labute approximate surface area is 187 Å². The van der Waals surface area contributed by atoms with Gasteiger partial charge in [0.2, 0.25) is 0 Å². The third-order valence-corrected chi connectivity index (χ3v) is 29.1. The number of hydrogen-bond acceptors (Lipinski definition) is 0. The summed E-state index contributed by atoms with van der Waals surface area (Å²) >= 11 is -1.52.